The Morgan fingerprint density at radius 1 is 1.50 bits per heavy atom. The van der Waals surface area contributed by atoms with Crippen molar-refractivity contribution in [2.45, 2.75) is 19.8 Å². The van der Waals surface area contributed by atoms with Crippen molar-refractivity contribution in [3.8, 4) is 0 Å². The van der Waals surface area contributed by atoms with Crippen LogP contribution in [-0.2, 0) is 12.8 Å². The second-order valence-electron chi connectivity index (χ2n) is 5.24. The van der Waals surface area contributed by atoms with Crippen molar-refractivity contribution in [3.05, 3.63) is 52.9 Å². The molecule has 2 aromatic heterocycles. The van der Waals surface area contributed by atoms with E-state index in [2.05, 4.69) is 33.7 Å². The molecule has 7 heteroatoms. The molecule has 2 heterocycles. The first-order chi connectivity index (χ1) is 11.2. The molecule has 0 aliphatic heterocycles. The number of aryl methyl sites for hydroxylation is 1. The summed E-state index contributed by atoms with van der Waals surface area (Å²) in [5, 5.41) is 4.46. The average Bonchev–Trinajstić information content (AvgIpc) is 3.20. The largest absolute Gasteiger partial charge is 0.469 e. The fourth-order valence-corrected chi connectivity index (χ4v) is 2.86. The molecule has 0 aliphatic rings. The fourth-order valence-electron chi connectivity index (χ4n) is 2.09. The quantitative estimate of drug-likeness (QED) is 0.284. The predicted octanol–water partition coefficient (Wildman–Crippen LogP) is 3.51. The van der Waals surface area contributed by atoms with E-state index < -0.39 is 0 Å². The minimum absolute atomic E-state index is 0. The number of thiazole rings is 1. The second-order valence-corrected chi connectivity index (χ2v) is 6.56. The Morgan fingerprint density at radius 2 is 2.33 bits per heavy atom. The molecule has 0 aromatic carbocycles. The van der Waals surface area contributed by atoms with Crippen LogP contribution in [0, 0.1) is 6.92 Å². The molecule has 2 rings (SSSR count). The maximum Gasteiger partial charge on any atom is 0.193 e. The zero-order valence-corrected chi connectivity index (χ0v) is 17.3. The normalized spacial score (nSPS) is 11.0. The summed E-state index contributed by atoms with van der Waals surface area (Å²) in [6.45, 7) is 8.09. The molecule has 0 bridgehead atoms. The number of hydrogen-bond acceptors (Lipinski definition) is 4. The minimum Gasteiger partial charge on any atom is -0.469 e. The number of nitrogens with zero attached hydrogens (tertiary/aromatic N) is 3. The van der Waals surface area contributed by atoms with E-state index in [0.717, 1.165) is 36.1 Å². The molecule has 24 heavy (non-hydrogen) atoms. The first-order valence-electron chi connectivity index (χ1n) is 7.73. The van der Waals surface area contributed by atoms with Crippen LogP contribution in [0.5, 0.6) is 0 Å². The topological polar surface area (TPSA) is 53.7 Å². The molecular weight excluding hydrogens is 435 g/mol. The summed E-state index contributed by atoms with van der Waals surface area (Å²) in [4.78, 5) is 12.4. The first-order valence-corrected chi connectivity index (χ1v) is 8.54. The standard InChI is InChI=1S/C17H24N4OS.HI/c1-4-9-18-17(19-10-7-15-6-5-12-22-15)21(3)11-8-16-20-13-14(2)23-16;/h4-6,12-13H,1,7-11H2,2-3H3,(H,18,19);1H. The van der Waals surface area contributed by atoms with E-state index in [1.54, 1.807) is 17.6 Å². The van der Waals surface area contributed by atoms with Crippen molar-refractivity contribution < 1.29 is 4.42 Å². The SMILES string of the molecule is C=CCNC(=NCCc1ccco1)N(C)CCc1ncc(C)s1.I. The van der Waals surface area contributed by atoms with Gasteiger partial charge in [0.1, 0.15) is 5.76 Å². The molecular formula is C17H25IN4OS. The maximum absolute atomic E-state index is 5.34. The van der Waals surface area contributed by atoms with Gasteiger partial charge in [-0.2, -0.15) is 0 Å². The Balaban J connectivity index is 0.00000288. The fraction of sp³-hybridized carbons (Fsp3) is 0.412. The van der Waals surface area contributed by atoms with Crippen LogP contribution < -0.4 is 5.32 Å². The molecule has 0 amide bonds. The molecule has 132 valence electrons. The number of likely N-dealkylation sites (N-methyl/N-ethyl adjacent to an activating group) is 1. The number of nitrogens with one attached hydrogen (secondary N) is 1. The highest BCUT2D eigenvalue weighted by molar-refractivity contribution is 14.0. The third kappa shape index (κ3) is 7.04. The number of halogens is 1. The smallest absolute Gasteiger partial charge is 0.193 e. The zero-order chi connectivity index (χ0) is 16.5. The Morgan fingerprint density at radius 3 is 2.96 bits per heavy atom. The predicted molar refractivity (Wildman–Crippen MR) is 112 cm³/mol. The molecule has 5 nitrogen and oxygen atoms in total. The average molecular weight is 460 g/mol. The van der Waals surface area contributed by atoms with Crippen molar-refractivity contribution >= 4 is 41.3 Å². The van der Waals surface area contributed by atoms with Gasteiger partial charge in [0.2, 0.25) is 0 Å². The van der Waals surface area contributed by atoms with Crippen LogP contribution in [0.25, 0.3) is 0 Å². The molecule has 0 radical (unpaired) electrons. The van der Waals surface area contributed by atoms with E-state index in [4.69, 9.17) is 4.42 Å². The van der Waals surface area contributed by atoms with Gasteiger partial charge < -0.3 is 14.6 Å². The Hall–Kier alpha value is -1.35. The van der Waals surface area contributed by atoms with E-state index in [1.807, 2.05) is 31.5 Å². The molecule has 0 saturated carbocycles. The third-order valence-corrected chi connectivity index (χ3v) is 4.27. The van der Waals surface area contributed by atoms with Gasteiger partial charge in [0.25, 0.3) is 0 Å². The summed E-state index contributed by atoms with van der Waals surface area (Å²) >= 11 is 1.75. The number of furan rings is 1. The lowest BCUT2D eigenvalue weighted by Gasteiger charge is -2.21. The van der Waals surface area contributed by atoms with Gasteiger partial charge in [-0.15, -0.1) is 41.9 Å². The monoisotopic (exact) mass is 460 g/mol. The lowest BCUT2D eigenvalue weighted by molar-refractivity contribution is 0.483. The van der Waals surface area contributed by atoms with Crippen LogP contribution in [0.1, 0.15) is 15.6 Å². The third-order valence-electron chi connectivity index (χ3n) is 3.30. The minimum atomic E-state index is 0. The van der Waals surface area contributed by atoms with Gasteiger partial charge in [-0.25, -0.2) is 4.98 Å². The number of aliphatic imine (C=N–C) groups is 1. The maximum atomic E-state index is 5.34. The molecule has 0 unspecified atom stereocenters. The molecule has 0 saturated heterocycles. The van der Waals surface area contributed by atoms with E-state index in [9.17, 15) is 0 Å². The van der Waals surface area contributed by atoms with Gasteiger partial charge in [0.15, 0.2) is 5.96 Å². The van der Waals surface area contributed by atoms with Crippen molar-refractivity contribution in [2.75, 3.05) is 26.7 Å². The van der Waals surface area contributed by atoms with Gasteiger partial charge in [-0.1, -0.05) is 6.08 Å². The van der Waals surface area contributed by atoms with E-state index in [-0.39, 0.29) is 24.0 Å². The van der Waals surface area contributed by atoms with Gasteiger partial charge in [-0.3, -0.25) is 4.99 Å². The molecule has 0 spiro atoms. The summed E-state index contributed by atoms with van der Waals surface area (Å²) in [6, 6.07) is 3.87. The van der Waals surface area contributed by atoms with Gasteiger partial charge >= 0.3 is 0 Å². The van der Waals surface area contributed by atoms with E-state index >= 15 is 0 Å². The number of guanidine groups is 1. The highest BCUT2D eigenvalue weighted by Crippen LogP contribution is 2.11. The number of rotatable bonds is 8. The molecule has 1 N–H and O–H groups in total. The molecule has 0 fully saturated rings. The summed E-state index contributed by atoms with van der Waals surface area (Å²) < 4.78 is 5.34. The van der Waals surface area contributed by atoms with E-state index in [1.165, 1.54) is 4.88 Å². The molecule has 2 aromatic rings. The van der Waals surface area contributed by atoms with E-state index in [0.29, 0.717) is 13.1 Å². The summed E-state index contributed by atoms with van der Waals surface area (Å²) in [7, 11) is 2.04. The van der Waals surface area contributed by atoms with Gasteiger partial charge in [0.05, 0.1) is 11.3 Å². The number of hydrogen-bond donors (Lipinski definition) is 1. The van der Waals surface area contributed by atoms with Crippen LogP contribution in [0.2, 0.25) is 0 Å². The Bertz CT molecular complexity index is 624. The summed E-state index contributed by atoms with van der Waals surface area (Å²) in [5.41, 5.74) is 0. The summed E-state index contributed by atoms with van der Waals surface area (Å²) in [6.07, 6.45) is 7.17. The lowest BCUT2D eigenvalue weighted by atomic mass is 10.3. The van der Waals surface area contributed by atoms with Crippen LogP contribution >= 0.6 is 35.3 Å². The highest BCUT2D eigenvalue weighted by Gasteiger charge is 2.07. The zero-order valence-electron chi connectivity index (χ0n) is 14.2. The lowest BCUT2D eigenvalue weighted by Crippen LogP contribution is -2.40. The molecule has 0 atom stereocenters. The first kappa shape index (κ1) is 20.7. The molecule has 0 aliphatic carbocycles. The van der Waals surface area contributed by atoms with Gasteiger partial charge in [-0.05, 0) is 19.1 Å². The van der Waals surface area contributed by atoms with Crippen LogP contribution in [0.15, 0.2) is 46.7 Å². The van der Waals surface area contributed by atoms with Crippen molar-refractivity contribution in [1.82, 2.24) is 15.2 Å². The summed E-state index contributed by atoms with van der Waals surface area (Å²) in [5.74, 6) is 1.84. The van der Waals surface area contributed by atoms with Gasteiger partial charge in [0, 0.05) is 50.6 Å². The highest BCUT2D eigenvalue weighted by atomic mass is 127. The Kier molecular flexibility index (Phi) is 9.70. The Labute approximate surface area is 164 Å². The number of aromatic nitrogens is 1. The van der Waals surface area contributed by atoms with Crippen molar-refractivity contribution in [3.63, 3.8) is 0 Å². The van der Waals surface area contributed by atoms with Crippen LogP contribution in [0.3, 0.4) is 0 Å². The van der Waals surface area contributed by atoms with Crippen LogP contribution in [0.4, 0.5) is 0 Å². The van der Waals surface area contributed by atoms with Crippen LogP contribution in [-0.4, -0.2) is 42.5 Å². The van der Waals surface area contributed by atoms with Crippen molar-refractivity contribution in [2.24, 2.45) is 4.99 Å². The van der Waals surface area contributed by atoms with Crippen molar-refractivity contribution in [1.29, 1.82) is 0 Å². The second kappa shape index (κ2) is 11.2.